The molecular weight excluding hydrogens is 424 g/mol. The molecule has 0 saturated carbocycles. The molecule has 0 atom stereocenters. The van der Waals surface area contributed by atoms with Gasteiger partial charge in [-0.15, -0.1) is 0 Å². The lowest BCUT2D eigenvalue weighted by Gasteiger charge is -2.34. The summed E-state index contributed by atoms with van der Waals surface area (Å²) in [5.41, 5.74) is 0.654. The number of esters is 1. The van der Waals surface area contributed by atoms with Gasteiger partial charge >= 0.3 is 5.97 Å². The zero-order chi connectivity index (χ0) is 21.8. The van der Waals surface area contributed by atoms with E-state index < -0.39 is 12.6 Å². The molecule has 0 radical (unpaired) electrons. The van der Waals surface area contributed by atoms with E-state index in [-0.39, 0.29) is 23.3 Å². The Morgan fingerprint density at radius 1 is 0.903 bits per heavy atom. The second-order valence-electron chi connectivity index (χ2n) is 6.87. The molecule has 0 bridgehead atoms. The fourth-order valence-electron chi connectivity index (χ4n) is 3.26. The Hall–Kier alpha value is -3.52. The molecule has 31 heavy (non-hydrogen) atoms. The Balaban J connectivity index is 1.27. The van der Waals surface area contributed by atoms with Crippen LogP contribution >= 0.6 is 11.6 Å². The van der Waals surface area contributed by atoms with Crippen molar-refractivity contribution in [2.75, 3.05) is 32.8 Å². The third kappa shape index (κ3) is 4.64. The van der Waals surface area contributed by atoms with Gasteiger partial charge in [-0.1, -0.05) is 23.7 Å². The molecule has 2 amide bonds. The standard InChI is InChI=1S/C22H19ClN2O6/c23-16-5-2-1-4-15(16)17-7-8-19(31-17)22(28)30-14-20(26)24-9-11-25(12-10-24)21(27)18-6-3-13-29-18/h1-8,13H,9-12,14H2. The number of carbonyl (C=O) groups excluding carboxylic acids is 3. The normalized spacial score (nSPS) is 13.8. The highest BCUT2D eigenvalue weighted by Crippen LogP contribution is 2.29. The SMILES string of the molecule is O=C(OCC(=O)N1CCN(C(=O)c2ccco2)CC1)c1ccc(-c2ccccc2Cl)o1. The predicted molar refractivity (Wildman–Crippen MR) is 111 cm³/mol. The fraction of sp³-hybridized carbons (Fsp3) is 0.227. The number of carbonyl (C=O) groups is 3. The number of halogens is 1. The van der Waals surface area contributed by atoms with Gasteiger partial charge in [0.25, 0.3) is 11.8 Å². The maximum absolute atomic E-state index is 12.4. The Labute approximate surface area is 182 Å². The van der Waals surface area contributed by atoms with E-state index in [2.05, 4.69) is 0 Å². The lowest BCUT2D eigenvalue weighted by Crippen LogP contribution is -2.51. The van der Waals surface area contributed by atoms with Crippen LogP contribution in [0.5, 0.6) is 0 Å². The van der Waals surface area contributed by atoms with Crippen LogP contribution in [-0.4, -0.2) is 60.4 Å². The molecule has 0 aliphatic carbocycles. The smallest absolute Gasteiger partial charge is 0.374 e. The zero-order valence-electron chi connectivity index (χ0n) is 16.5. The van der Waals surface area contributed by atoms with E-state index in [9.17, 15) is 14.4 Å². The van der Waals surface area contributed by atoms with Crippen LogP contribution < -0.4 is 0 Å². The first-order chi connectivity index (χ1) is 15.0. The zero-order valence-corrected chi connectivity index (χ0v) is 17.2. The summed E-state index contributed by atoms with van der Waals surface area (Å²) in [5, 5.41) is 0.497. The van der Waals surface area contributed by atoms with Crippen molar-refractivity contribution in [1.82, 2.24) is 9.80 Å². The summed E-state index contributed by atoms with van der Waals surface area (Å²) in [6.45, 7) is 1.03. The largest absolute Gasteiger partial charge is 0.459 e. The van der Waals surface area contributed by atoms with Crippen LogP contribution in [0.1, 0.15) is 21.1 Å². The van der Waals surface area contributed by atoms with Gasteiger partial charge in [0.05, 0.1) is 11.3 Å². The monoisotopic (exact) mass is 442 g/mol. The van der Waals surface area contributed by atoms with Crippen LogP contribution in [0.3, 0.4) is 0 Å². The van der Waals surface area contributed by atoms with Gasteiger partial charge in [-0.2, -0.15) is 0 Å². The number of rotatable bonds is 5. The first kappa shape index (κ1) is 20.7. The van der Waals surface area contributed by atoms with Crippen molar-refractivity contribution in [2.24, 2.45) is 0 Å². The summed E-state index contributed by atoms with van der Waals surface area (Å²) in [6.07, 6.45) is 1.44. The second kappa shape index (κ2) is 9.09. The molecule has 1 fully saturated rings. The number of ether oxygens (including phenoxy) is 1. The van der Waals surface area contributed by atoms with E-state index in [1.54, 1.807) is 46.2 Å². The molecule has 0 spiro atoms. The molecule has 1 aliphatic heterocycles. The Kier molecular flexibility index (Phi) is 6.08. The number of benzene rings is 1. The molecule has 0 N–H and O–H groups in total. The third-order valence-electron chi connectivity index (χ3n) is 4.92. The summed E-state index contributed by atoms with van der Waals surface area (Å²) < 4.78 is 15.8. The van der Waals surface area contributed by atoms with E-state index in [0.29, 0.717) is 42.5 Å². The molecule has 1 aromatic carbocycles. The van der Waals surface area contributed by atoms with E-state index in [4.69, 9.17) is 25.2 Å². The van der Waals surface area contributed by atoms with Crippen LogP contribution in [0.4, 0.5) is 0 Å². The van der Waals surface area contributed by atoms with E-state index in [1.165, 1.54) is 12.3 Å². The summed E-state index contributed by atoms with van der Waals surface area (Å²) in [5.74, 6) is -0.605. The molecule has 3 heterocycles. The molecule has 160 valence electrons. The van der Waals surface area contributed by atoms with Crippen molar-refractivity contribution in [3.8, 4) is 11.3 Å². The Morgan fingerprint density at radius 2 is 1.65 bits per heavy atom. The van der Waals surface area contributed by atoms with Gasteiger partial charge in [-0.3, -0.25) is 9.59 Å². The molecule has 3 aromatic rings. The molecule has 4 rings (SSSR count). The van der Waals surface area contributed by atoms with Gasteiger partial charge in [-0.25, -0.2) is 4.79 Å². The Morgan fingerprint density at radius 3 is 2.35 bits per heavy atom. The van der Waals surface area contributed by atoms with Gasteiger partial charge in [0.15, 0.2) is 12.4 Å². The average Bonchev–Trinajstić information content (AvgIpc) is 3.50. The van der Waals surface area contributed by atoms with Crippen LogP contribution in [0.25, 0.3) is 11.3 Å². The van der Waals surface area contributed by atoms with Gasteiger partial charge in [0.1, 0.15) is 5.76 Å². The van der Waals surface area contributed by atoms with Crippen molar-refractivity contribution in [3.63, 3.8) is 0 Å². The minimum Gasteiger partial charge on any atom is -0.459 e. The van der Waals surface area contributed by atoms with E-state index in [1.807, 2.05) is 6.07 Å². The molecule has 0 unspecified atom stereocenters. The van der Waals surface area contributed by atoms with E-state index >= 15 is 0 Å². The van der Waals surface area contributed by atoms with Crippen molar-refractivity contribution in [2.45, 2.75) is 0 Å². The molecule has 1 saturated heterocycles. The Bertz CT molecular complexity index is 1080. The van der Waals surface area contributed by atoms with Crippen molar-refractivity contribution in [3.05, 3.63) is 71.3 Å². The van der Waals surface area contributed by atoms with Crippen LogP contribution in [0.15, 0.2) is 63.6 Å². The van der Waals surface area contributed by atoms with Gasteiger partial charge in [-0.05, 0) is 36.4 Å². The first-order valence-corrected chi connectivity index (χ1v) is 10.0. The fourth-order valence-corrected chi connectivity index (χ4v) is 3.49. The quantitative estimate of drug-likeness (QED) is 0.563. The van der Waals surface area contributed by atoms with Crippen molar-refractivity contribution < 1.29 is 28.0 Å². The highest BCUT2D eigenvalue weighted by atomic mass is 35.5. The number of amides is 2. The maximum Gasteiger partial charge on any atom is 0.374 e. The number of piperazine rings is 1. The summed E-state index contributed by atoms with van der Waals surface area (Å²) in [6, 6.07) is 13.4. The predicted octanol–water partition coefficient (Wildman–Crippen LogP) is 3.33. The molecule has 2 aromatic heterocycles. The van der Waals surface area contributed by atoms with Crippen molar-refractivity contribution in [1.29, 1.82) is 0 Å². The maximum atomic E-state index is 12.4. The average molecular weight is 443 g/mol. The van der Waals surface area contributed by atoms with Crippen molar-refractivity contribution >= 4 is 29.4 Å². The number of hydrogen-bond acceptors (Lipinski definition) is 6. The van der Waals surface area contributed by atoms with Crippen LogP contribution in [0, 0.1) is 0 Å². The van der Waals surface area contributed by atoms with Crippen LogP contribution in [0.2, 0.25) is 5.02 Å². The molecular formula is C22H19ClN2O6. The lowest BCUT2D eigenvalue weighted by molar-refractivity contribution is -0.136. The topological polar surface area (TPSA) is 93.2 Å². The van der Waals surface area contributed by atoms with Gasteiger partial charge in [0.2, 0.25) is 5.76 Å². The van der Waals surface area contributed by atoms with E-state index in [0.717, 1.165) is 0 Å². The number of furan rings is 2. The minimum absolute atomic E-state index is 0.0171. The molecule has 1 aliphatic rings. The van der Waals surface area contributed by atoms with Crippen LogP contribution in [-0.2, 0) is 9.53 Å². The third-order valence-corrected chi connectivity index (χ3v) is 5.25. The second-order valence-corrected chi connectivity index (χ2v) is 7.28. The van der Waals surface area contributed by atoms with Gasteiger partial charge < -0.3 is 23.4 Å². The summed E-state index contributed by atoms with van der Waals surface area (Å²) in [7, 11) is 0. The molecule has 9 heteroatoms. The number of hydrogen-bond donors (Lipinski definition) is 0. The first-order valence-electron chi connectivity index (χ1n) is 9.65. The summed E-state index contributed by atoms with van der Waals surface area (Å²) >= 11 is 6.14. The lowest BCUT2D eigenvalue weighted by atomic mass is 10.2. The molecule has 8 nitrogen and oxygen atoms in total. The minimum atomic E-state index is -0.738. The van der Waals surface area contributed by atoms with Gasteiger partial charge in [0, 0.05) is 31.7 Å². The highest BCUT2D eigenvalue weighted by Gasteiger charge is 2.27. The number of nitrogens with zero attached hydrogens (tertiary/aromatic N) is 2. The summed E-state index contributed by atoms with van der Waals surface area (Å²) in [4.78, 5) is 40.1. The highest BCUT2D eigenvalue weighted by molar-refractivity contribution is 6.33.